The molecule has 0 radical (unpaired) electrons. The molecule has 0 N–H and O–H groups in total. The van der Waals surface area contributed by atoms with Gasteiger partial charge in [0, 0.05) is 0 Å². The van der Waals surface area contributed by atoms with E-state index >= 15 is 0 Å². The van der Waals surface area contributed by atoms with Crippen LogP contribution in [-0.4, -0.2) is 0 Å². The molecule has 0 amide bonds. The third kappa shape index (κ3) is 3.96. The van der Waals surface area contributed by atoms with Crippen LogP contribution in [0, 0.1) is 6.92 Å². The Hall–Kier alpha value is -6.50. The predicted molar refractivity (Wildman–Crippen MR) is 217 cm³/mol. The van der Waals surface area contributed by atoms with Crippen molar-refractivity contribution in [2.24, 2.45) is 0 Å². The van der Waals surface area contributed by atoms with Crippen LogP contribution in [-0.2, 0) is 0 Å². The second-order valence-electron chi connectivity index (χ2n) is 14.0. The van der Waals surface area contributed by atoms with Gasteiger partial charge < -0.3 is 0 Å². The van der Waals surface area contributed by atoms with Gasteiger partial charge in [-0.2, -0.15) is 0 Å². The topological polar surface area (TPSA) is 0 Å². The predicted octanol–water partition coefficient (Wildman–Crippen LogP) is 14.3. The molecule has 0 atom stereocenters. The minimum Gasteiger partial charge on any atom is -0.0622 e. The molecule has 11 rings (SSSR count). The zero-order valence-corrected chi connectivity index (χ0v) is 28.2. The van der Waals surface area contributed by atoms with Gasteiger partial charge >= 0.3 is 0 Å². The van der Waals surface area contributed by atoms with Crippen molar-refractivity contribution in [3.05, 3.63) is 181 Å². The number of benzene rings is 9. The van der Waals surface area contributed by atoms with Crippen molar-refractivity contribution in [2.45, 2.75) is 6.92 Å². The van der Waals surface area contributed by atoms with Gasteiger partial charge in [0.25, 0.3) is 0 Å². The van der Waals surface area contributed by atoms with Gasteiger partial charge in [0.1, 0.15) is 0 Å². The van der Waals surface area contributed by atoms with Crippen LogP contribution in [0.15, 0.2) is 176 Å². The summed E-state index contributed by atoms with van der Waals surface area (Å²) in [5.41, 5.74) is 22.2. The maximum Gasteiger partial charge on any atom is -0.000740 e. The standard InChI is InChI=1S/C51H32/c1-31-22-23-38-43(30-31)45(35-20-12-5-13-21-35)51-42-29-27-40-47-37(33-16-8-3-9-17-33)25-24-36(32-14-6-2-7-15-32)46(47)39-26-28-41(49(42)48(39)40)50(51)44(38)34-18-10-4-11-19-34/h2-30H,1H3. The average molecular weight is 645 g/mol. The summed E-state index contributed by atoms with van der Waals surface area (Å²) < 4.78 is 0. The average Bonchev–Trinajstić information content (AvgIpc) is 3.71. The van der Waals surface area contributed by atoms with Crippen LogP contribution in [0.2, 0.25) is 0 Å². The van der Waals surface area contributed by atoms with Gasteiger partial charge in [-0.15, -0.1) is 0 Å². The highest BCUT2D eigenvalue weighted by atomic mass is 14.4. The minimum atomic E-state index is 1.25. The third-order valence-corrected chi connectivity index (χ3v) is 11.2. The Bertz CT molecular complexity index is 2790. The third-order valence-electron chi connectivity index (χ3n) is 11.2. The first-order chi connectivity index (χ1) is 25.3. The smallest absolute Gasteiger partial charge is 0.000740 e. The van der Waals surface area contributed by atoms with E-state index in [1.165, 1.54) is 116 Å². The summed E-state index contributed by atoms with van der Waals surface area (Å²) >= 11 is 0. The van der Waals surface area contributed by atoms with Crippen LogP contribution in [0.25, 0.3) is 111 Å². The lowest BCUT2D eigenvalue weighted by atomic mass is 9.82. The Labute approximate surface area is 297 Å². The highest BCUT2D eigenvalue weighted by molar-refractivity contribution is 6.33. The zero-order chi connectivity index (χ0) is 33.6. The first-order valence-electron chi connectivity index (χ1n) is 17.9. The van der Waals surface area contributed by atoms with E-state index in [-0.39, 0.29) is 0 Å². The Kier molecular flexibility index (Phi) is 5.97. The Morgan fingerprint density at radius 1 is 0.255 bits per heavy atom. The second-order valence-corrected chi connectivity index (χ2v) is 14.0. The normalized spacial score (nSPS) is 12.0. The van der Waals surface area contributed by atoms with E-state index in [0.717, 1.165) is 0 Å². The lowest BCUT2D eigenvalue weighted by molar-refractivity contribution is 1.50. The van der Waals surface area contributed by atoms with E-state index in [1.54, 1.807) is 0 Å². The Morgan fingerprint density at radius 2 is 0.608 bits per heavy atom. The lowest BCUT2D eigenvalue weighted by Crippen LogP contribution is -1.94. The Balaban J connectivity index is 1.31. The van der Waals surface area contributed by atoms with Crippen LogP contribution in [0.1, 0.15) is 5.56 Å². The summed E-state index contributed by atoms with van der Waals surface area (Å²) in [5, 5.41) is 5.34. The molecular weight excluding hydrogens is 613 g/mol. The fourth-order valence-corrected chi connectivity index (χ4v) is 9.16. The van der Waals surface area contributed by atoms with Gasteiger partial charge in [0.15, 0.2) is 0 Å². The summed E-state index contributed by atoms with van der Waals surface area (Å²) in [5.74, 6) is 0. The minimum absolute atomic E-state index is 1.25. The van der Waals surface area contributed by atoms with Gasteiger partial charge in [-0.25, -0.2) is 0 Å². The molecule has 0 aliphatic heterocycles. The summed E-state index contributed by atoms with van der Waals surface area (Å²) in [6.07, 6.45) is 0. The second kappa shape index (κ2) is 10.7. The maximum atomic E-state index is 2.43. The molecule has 9 aromatic carbocycles. The zero-order valence-electron chi connectivity index (χ0n) is 28.2. The summed E-state index contributed by atoms with van der Waals surface area (Å²) in [6.45, 7) is 2.21. The van der Waals surface area contributed by atoms with Gasteiger partial charge in [0.2, 0.25) is 0 Å². The number of rotatable bonds is 4. The highest BCUT2D eigenvalue weighted by Crippen LogP contribution is 2.63. The van der Waals surface area contributed by atoms with Crippen molar-refractivity contribution in [1.29, 1.82) is 0 Å². The SMILES string of the molecule is Cc1ccc2c(-c3ccccc3)c3c(c(-c4ccccc4)c2c1)-c1ccc2c4c(ccc-3c14)-c1c(-c3ccccc3)ccc(-c3ccccc3)c1-2. The summed E-state index contributed by atoms with van der Waals surface area (Å²) in [7, 11) is 0. The first-order valence-corrected chi connectivity index (χ1v) is 17.9. The number of hydrogen-bond acceptors (Lipinski definition) is 0. The molecule has 0 aromatic heterocycles. The highest BCUT2D eigenvalue weighted by Gasteiger charge is 2.35. The van der Waals surface area contributed by atoms with Gasteiger partial charge in [-0.05, 0) is 117 Å². The van der Waals surface area contributed by atoms with E-state index in [2.05, 4.69) is 183 Å². The molecule has 0 heteroatoms. The van der Waals surface area contributed by atoms with Gasteiger partial charge in [-0.3, -0.25) is 0 Å². The van der Waals surface area contributed by atoms with E-state index in [0.29, 0.717) is 0 Å². The van der Waals surface area contributed by atoms with Gasteiger partial charge in [0.05, 0.1) is 0 Å². The van der Waals surface area contributed by atoms with E-state index < -0.39 is 0 Å². The molecule has 0 spiro atoms. The number of fused-ring (bicyclic) bond motifs is 7. The molecule has 0 heterocycles. The van der Waals surface area contributed by atoms with Crippen molar-refractivity contribution in [2.75, 3.05) is 0 Å². The van der Waals surface area contributed by atoms with Crippen molar-refractivity contribution in [3.63, 3.8) is 0 Å². The number of aryl methyl sites for hydroxylation is 1. The van der Waals surface area contributed by atoms with Crippen molar-refractivity contribution in [1.82, 2.24) is 0 Å². The molecule has 51 heavy (non-hydrogen) atoms. The molecule has 0 saturated heterocycles. The summed E-state index contributed by atoms with van der Waals surface area (Å²) in [6, 6.07) is 65.3. The Morgan fingerprint density at radius 3 is 1.04 bits per heavy atom. The van der Waals surface area contributed by atoms with Gasteiger partial charge in [-0.1, -0.05) is 181 Å². The maximum absolute atomic E-state index is 2.43. The molecule has 0 unspecified atom stereocenters. The molecule has 0 nitrogen and oxygen atoms in total. The molecule has 2 aliphatic rings. The molecular formula is C51H32. The van der Waals surface area contributed by atoms with E-state index in [4.69, 9.17) is 0 Å². The first kappa shape index (κ1) is 28.3. The van der Waals surface area contributed by atoms with Crippen molar-refractivity contribution < 1.29 is 0 Å². The largest absolute Gasteiger partial charge is 0.0622 e. The fraction of sp³-hybridized carbons (Fsp3) is 0.0196. The molecule has 2 aliphatic carbocycles. The van der Waals surface area contributed by atoms with Crippen LogP contribution < -0.4 is 0 Å². The fourth-order valence-electron chi connectivity index (χ4n) is 9.16. The van der Waals surface area contributed by atoms with Crippen molar-refractivity contribution >= 4 is 21.5 Å². The molecule has 9 aromatic rings. The van der Waals surface area contributed by atoms with Crippen LogP contribution >= 0.6 is 0 Å². The number of hydrogen-bond donors (Lipinski definition) is 0. The summed E-state index contributed by atoms with van der Waals surface area (Å²) in [4.78, 5) is 0. The van der Waals surface area contributed by atoms with E-state index in [9.17, 15) is 0 Å². The van der Waals surface area contributed by atoms with Crippen LogP contribution in [0.5, 0.6) is 0 Å². The van der Waals surface area contributed by atoms with E-state index in [1.807, 2.05) is 0 Å². The lowest BCUT2D eigenvalue weighted by Gasteiger charge is -2.21. The molecule has 0 saturated carbocycles. The van der Waals surface area contributed by atoms with Crippen LogP contribution in [0.4, 0.5) is 0 Å². The monoisotopic (exact) mass is 644 g/mol. The molecule has 236 valence electrons. The molecule has 0 bridgehead atoms. The van der Waals surface area contributed by atoms with Crippen molar-refractivity contribution in [3.8, 4) is 89.0 Å². The molecule has 0 fully saturated rings. The van der Waals surface area contributed by atoms with Crippen LogP contribution in [0.3, 0.4) is 0 Å². The quantitative estimate of drug-likeness (QED) is 0.179.